The second-order valence-electron chi connectivity index (χ2n) is 7.21. The van der Waals surface area contributed by atoms with Gasteiger partial charge in [0.1, 0.15) is 17.7 Å². The number of nitrogens with one attached hydrogen (secondary N) is 1. The normalized spacial score (nSPS) is 15.7. The Bertz CT molecular complexity index is 1010. The number of nitrogens with zero attached hydrogens (tertiary/aromatic N) is 1. The molecule has 158 valence electrons. The summed E-state index contributed by atoms with van der Waals surface area (Å²) in [6.45, 7) is 1.41. The zero-order valence-electron chi connectivity index (χ0n) is 17.1. The molecule has 31 heavy (non-hydrogen) atoms. The van der Waals surface area contributed by atoms with E-state index in [9.17, 15) is 9.59 Å². The van der Waals surface area contributed by atoms with E-state index in [0.29, 0.717) is 31.0 Å². The van der Waals surface area contributed by atoms with Crippen LogP contribution in [0.2, 0.25) is 0 Å². The smallest absolute Gasteiger partial charge is 0.251 e. The molecule has 0 aromatic heterocycles. The number of rotatable bonds is 8. The van der Waals surface area contributed by atoms with Crippen molar-refractivity contribution in [3.05, 3.63) is 102 Å². The van der Waals surface area contributed by atoms with Gasteiger partial charge in [0.25, 0.3) is 5.91 Å². The predicted octanol–water partition coefficient (Wildman–Crippen LogP) is 4.27. The van der Waals surface area contributed by atoms with E-state index in [1.54, 1.807) is 11.8 Å². The summed E-state index contributed by atoms with van der Waals surface area (Å²) in [4.78, 5) is 26.7. The topological polar surface area (TPSA) is 58.6 Å². The summed E-state index contributed by atoms with van der Waals surface area (Å²) in [6.07, 6.45) is 0. The van der Waals surface area contributed by atoms with Gasteiger partial charge in [0.15, 0.2) is 0 Å². The van der Waals surface area contributed by atoms with Gasteiger partial charge in [0.2, 0.25) is 5.91 Å². The number of hydrogen-bond donors (Lipinski definition) is 1. The summed E-state index contributed by atoms with van der Waals surface area (Å²) in [5.41, 5.74) is 2.72. The predicted molar refractivity (Wildman–Crippen MR) is 123 cm³/mol. The van der Waals surface area contributed by atoms with Crippen molar-refractivity contribution in [2.75, 3.05) is 18.9 Å². The van der Waals surface area contributed by atoms with Gasteiger partial charge >= 0.3 is 0 Å². The SMILES string of the molecule is O=C(NCCOc1ccccc1)c1ccc([C@@H]2SCC(=O)N2Cc2ccccc2)cc1. The summed E-state index contributed by atoms with van der Waals surface area (Å²) in [7, 11) is 0. The minimum absolute atomic E-state index is 0.0379. The standard InChI is InChI=1S/C25H24N2O3S/c28-23-18-31-25(27(23)17-19-7-3-1-4-8-19)21-13-11-20(12-14-21)24(29)26-15-16-30-22-9-5-2-6-10-22/h1-14,25H,15-18H2,(H,26,29)/t25-/m0/s1. The maximum absolute atomic E-state index is 12.4. The van der Waals surface area contributed by atoms with Crippen LogP contribution in [0.5, 0.6) is 5.75 Å². The Morgan fingerprint density at radius 2 is 1.65 bits per heavy atom. The van der Waals surface area contributed by atoms with Crippen LogP contribution in [0, 0.1) is 0 Å². The van der Waals surface area contributed by atoms with Crippen molar-refractivity contribution >= 4 is 23.6 Å². The molecular weight excluding hydrogens is 408 g/mol. The van der Waals surface area contributed by atoms with Crippen molar-refractivity contribution in [2.24, 2.45) is 0 Å². The van der Waals surface area contributed by atoms with Gasteiger partial charge in [-0.3, -0.25) is 9.59 Å². The van der Waals surface area contributed by atoms with Gasteiger partial charge in [-0.2, -0.15) is 0 Å². The molecule has 0 bridgehead atoms. The third-order valence-corrected chi connectivity index (χ3v) is 6.28. The van der Waals surface area contributed by atoms with Gasteiger partial charge in [-0.15, -0.1) is 11.8 Å². The fourth-order valence-electron chi connectivity index (χ4n) is 3.43. The Kier molecular flexibility index (Phi) is 6.89. The Morgan fingerprint density at radius 3 is 2.35 bits per heavy atom. The summed E-state index contributed by atoms with van der Waals surface area (Å²) in [5, 5.41) is 2.84. The number of benzene rings is 3. The molecule has 1 fully saturated rings. The molecule has 0 aliphatic carbocycles. The number of carbonyl (C=O) groups is 2. The number of amides is 2. The molecule has 4 rings (SSSR count). The van der Waals surface area contributed by atoms with Crippen molar-refractivity contribution in [2.45, 2.75) is 11.9 Å². The molecule has 3 aromatic rings. The quantitative estimate of drug-likeness (QED) is 0.540. The van der Waals surface area contributed by atoms with E-state index in [-0.39, 0.29) is 17.2 Å². The van der Waals surface area contributed by atoms with Crippen LogP contribution in [0.4, 0.5) is 0 Å². The molecule has 1 N–H and O–H groups in total. The number of hydrogen-bond acceptors (Lipinski definition) is 4. The lowest BCUT2D eigenvalue weighted by Crippen LogP contribution is -2.28. The molecular formula is C25H24N2O3S. The first kappa shape index (κ1) is 21.0. The minimum Gasteiger partial charge on any atom is -0.492 e. The zero-order chi connectivity index (χ0) is 21.5. The third kappa shape index (κ3) is 5.47. The van der Waals surface area contributed by atoms with Gasteiger partial charge in [-0.05, 0) is 35.4 Å². The molecule has 0 radical (unpaired) electrons. The first-order valence-electron chi connectivity index (χ1n) is 10.2. The van der Waals surface area contributed by atoms with E-state index in [1.165, 1.54) is 0 Å². The number of ether oxygens (including phenoxy) is 1. The summed E-state index contributed by atoms with van der Waals surface area (Å²) in [6, 6.07) is 27.0. The monoisotopic (exact) mass is 432 g/mol. The van der Waals surface area contributed by atoms with Gasteiger partial charge in [0, 0.05) is 12.1 Å². The van der Waals surface area contributed by atoms with Crippen LogP contribution >= 0.6 is 11.8 Å². The molecule has 3 aromatic carbocycles. The lowest BCUT2D eigenvalue weighted by Gasteiger charge is -2.24. The first-order valence-corrected chi connectivity index (χ1v) is 11.3. The van der Waals surface area contributed by atoms with Crippen LogP contribution in [0.3, 0.4) is 0 Å². The zero-order valence-corrected chi connectivity index (χ0v) is 17.9. The van der Waals surface area contributed by atoms with Crippen molar-refractivity contribution in [3.8, 4) is 5.75 Å². The highest BCUT2D eigenvalue weighted by Gasteiger charge is 2.32. The van der Waals surface area contributed by atoms with E-state index in [0.717, 1.165) is 16.9 Å². The number of carbonyl (C=O) groups excluding carboxylic acids is 2. The summed E-state index contributed by atoms with van der Waals surface area (Å²) < 4.78 is 5.59. The summed E-state index contributed by atoms with van der Waals surface area (Å²) in [5.74, 6) is 1.25. The van der Waals surface area contributed by atoms with Crippen molar-refractivity contribution in [1.82, 2.24) is 10.2 Å². The Balaban J connectivity index is 1.32. The summed E-state index contributed by atoms with van der Waals surface area (Å²) >= 11 is 1.62. The van der Waals surface area contributed by atoms with Crippen LogP contribution in [-0.2, 0) is 11.3 Å². The van der Waals surface area contributed by atoms with E-state index in [4.69, 9.17) is 4.74 Å². The molecule has 1 heterocycles. The van der Waals surface area contributed by atoms with Crippen molar-refractivity contribution < 1.29 is 14.3 Å². The second-order valence-corrected chi connectivity index (χ2v) is 8.28. The van der Waals surface area contributed by atoms with Crippen LogP contribution in [0.25, 0.3) is 0 Å². The van der Waals surface area contributed by atoms with Crippen LogP contribution in [0.15, 0.2) is 84.9 Å². The van der Waals surface area contributed by atoms with E-state index >= 15 is 0 Å². The fraction of sp³-hybridized carbons (Fsp3) is 0.200. The lowest BCUT2D eigenvalue weighted by atomic mass is 10.1. The highest BCUT2D eigenvalue weighted by Crippen LogP contribution is 2.39. The van der Waals surface area contributed by atoms with Gasteiger partial charge < -0.3 is 15.0 Å². The maximum atomic E-state index is 12.4. The molecule has 1 saturated heterocycles. The molecule has 0 spiro atoms. The molecule has 1 aliphatic rings. The van der Waals surface area contributed by atoms with Gasteiger partial charge in [0.05, 0.1) is 12.3 Å². The van der Waals surface area contributed by atoms with Crippen LogP contribution < -0.4 is 10.1 Å². The van der Waals surface area contributed by atoms with Gasteiger partial charge in [-0.25, -0.2) is 0 Å². The highest BCUT2D eigenvalue weighted by atomic mass is 32.2. The Labute approximate surface area is 186 Å². The molecule has 5 nitrogen and oxygen atoms in total. The highest BCUT2D eigenvalue weighted by molar-refractivity contribution is 8.00. The lowest BCUT2D eigenvalue weighted by molar-refractivity contribution is -0.128. The van der Waals surface area contributed by atoms with Crippen LogP contribution in [-0.4, -0.2) is 35.6 Å². The van der Waals surface area contributed by atoms with Crippen LogP contribution in [0.1, 0.15) is 26.9 Å². The molecule has 2 amide bonds. The van der Waals surface area contributed by atoms with Gasteiger partial charge in [-0.1, -0.05) is 60.7 Å². The fourth-order valence-corrected chi connectivity index (χ4v) is 4.62. The molecule has 0 unspecified atom stereocenters. The van der Waals surface area contributed by atoms with Crippen molar-refractivity contribution in [1.29, 1.82) is 0 Å². The first-order chi connectivity index (χ1) is 15.2. The Morgan fingerprint density at radius 1 is 0.968 bits per heavy atom. The third-order valence-electron chi connectivity index (χ3n) is 5.02. The average molecular weight is 433 g/mol. The van der Waals surface area contributed by atoms with E-state index in [2.05, 4.69) is 5.32 Å². The van der Waals surface area contributed by atoms with E-state index in [1.807, 2.05) is 89.8 Å². The molecule has 6 heteroatoms. The largest absolute Gasteiger partial charge is 0.492 e. The van der Waals surface area contributed by atoms with E-state index < -0.39 is 0 Å². The minimum atomic E-state index is -0.139. The molecule has 1 aliphatic heterocycles. The number of thioether (sulfide) groups is 1. The number of para-hydroxylation sites is 1. The Hall–Kier alpha value is -3.25. The average Bonchev–Trinajstić information content (AvgIpc) is 3.18. The molecule has 0 saturated carbocycles. The molecule has 1 atom stereocenters. The second kappa shape index (κ2) is 10.2. The maximum Gasteiger partial charge on any atom is 0.251 e. The van der Waals surface area contributed by atoms with Crippen molar-refractivity contribution in [3.63, 3.8) is 0 Å².